The molecule has 6 heteroatoms. The third-order valence-electron chi connectivity index (χ3n) is 1.51. The Morgan fingerprint density at radius 1 is 1.58 bits per heavy atom. The Morgan fingerprint density at radius 2 is 2.08 bits per heavy atom. The van der Waals surface area contributed by atoms with Gasteiger partial charge in [-0.2, -0.15) is 13.2 Å². The summed E-state index contributed by atoms with van der Waals surface area (Å²) < 4.78 is 41.5. The molecule has 0 radical (unpaired) electrons. The zero-order valence-electron chi connectivity index (χ0n) is 6.55. The molecule has 70 valence electrons. The van der Waals surface area contributed by atoms with E-state index in [0.29, 0.717) is 0 Å². The summed E-state index contributed by atoms with van der Waals surface area (Å²) in [5, 5.41) is 0. The van der Waals surface area contributed by atoms with Crippen LogP contribution >= 0.6 is 0 Å². The molecule has 12 heavy (non-hydrogen) atoms. The highest BCUT2D eigenvalue weighted by atomic mass is 19.3. The van der Waals surface area contributed by atoms with Crippen LogP contribution in [0.2, 0.25) is 0 Å². The normalized spacial score (nSPS) is 28.0. The highest BCUT2D eigenvalue weighted by Crippen LogP contribution is 2.35. The van der Waals surface area contributed by atoms with Gasteiger partial charge in [0.25, 0.3) is 0 Å². The molecule has 1 aliphatic heterocycles. The lowest BCUT2D eigenvalue weighted by molar-refractivity contribution is -0.186. The van der Waals surface area contributed by atoms with Crippen LogP contribution in [0.5, 0.6) is 0 Å². The Balaban J connectivity index is 2.91. The molecule has 0 saturated carbocycles. The number of carbonyl (C=O) groups excluding carboxylic acids is 1. The van der Waals surface area contributed by atoms with Crippen LogP contribution in [0.4, 0.5) is 18.0 Å². The maximum Gasteiger partial charge on any atom is 0.417 e. The third kappa shape index (κ3) is 1.11. The van der Waals surface area contributed by atoms with Crippen molar-refractivity contribution in [2.45, 2.75) is 32.3 Å². The van der Waals surface area contributed by atoms with E-state index in [0.717, 1.165) is 0 Å². The molecule has 0 aromatic heterocycles. The van der Waals surface area contributed by atoms with Crippen LogP contribution in [0.15, 0.2) is 0 Å². The molecule has 1 fully saturated rings. The Morgan fingerprint density at radius 3 is 2.25 bits per heavy atom. The van der Waals surface area contributed by atoms with E-state index in [1.807, 2.05) is 0 Å². The topological polar surface area (TPSA) is 29.5 Å². The first-order chi connectivity index (χ1) is 5.37. The van der Waals surface area contributed by atoms with Gasteiger partial charge in [-0.1, -0.05) is 0 Å². The van der Waals surface area contributed by atoms with Crippen LogP contribution in [0.3, 0.4) is 0 Å². The maximum absolute atomic E-state index is 12.7. The van der Waals surface area contributed by atoms with Gasteiger partial charge < -0.3 is 4.74 Å². The van der Waals surface area contributed by atoms with Gasteiger partial charge in [0.1, 0.15) is 0 Å². The second kappa shape index (κ2) is 2.53. The third-order valence-corrected chi connectivity index (χ3v) is 1.51. The van der Waals surface area contributed by atoms with Crippen LogP contribution < -0.4 is 0 Å². The second-order valence-electron chi connectivity index (χ2n) is 2.75. The Bertz CT molecular complexity index is 207. The second-order valence-corrected chi connectivity index (χ2v) is 2.75. The van der Waals surface area contributed by atoms with Crippen LogP contribution in [0.25, 0.3) is 0 Å². The number of halogens is 3. The minimum Gasteiger partial charge on any atom is -0.406 e. The predicted octanol–water partition coefficient (Wildman–Crippen LogP) is 1.74. The summed E-state index contributed by atoms with van der Waals surface area (Å²) in [4.78, 5) is 10.7. The molecule has 0 aromatic carbocycles. The van der Waals surface area contributed by atoms with Crippen LogP contribution in [0, 0.1) is 0 Å². The summed E-state index contributed by atoms with van der Waals surface area (Å²) in [6.45, 7) is 2.71. The quantitative estimate of drug-likeness (QED) is 0.579. The summed E-state index contributed by atoms with van der Waals surface area (Å²) in [6, 6.07) is -4.63. The molecule has 1 atom stereocenters. The van der Waals surface area contributed by atoms with Gasteiger partial charge in [0.05, 0.1) is 0 Å². The first-order valence-electron chi connectivity index (χ1n) is 3.39. The fourth-order valence-corrected chi connectivity index (χ4v) is 1.00. The summed E-state index contributed by atoms with van der Waals surface area (Å²) in [5.74, 6) is 0. The van der Waals surface area contributed by atoms with Gasteiger partial charge in [0.2, 0.25) is 0 Å². The minimum atomic E-state index is -3.84. The lowest BCUT2D eigenvalue weighted by Gasteiger charge is -2.24. The van der Waals surface area contributed by atoms with Crippen molar-refractivity contribution in [2.24, 2.45) is 0 Å². The summed E-state index contributed by atoms with van der Waals surface area (Å²) in [7, 11) is 0. The van der Waals surface area contributed by atoms with Crippen molar-refractivity contribution in [2.75, 3.05) is 0 Å². The molecule has 0 bridgehead atoms. The predicted molar refractivity (Wildman–Crippen MR) is 33.3 cm³/mol. The lowest BCUT2D eigenvalue weighted by atomic mass is 10.3. The maximum atomic E-state index is 12.7. The van der Waals surface area contributed by atoms with Gasteiger partial charge in [0.15, 0.2) is 0 Å². The molecule has 1 amide bonds. The van der Waals surface area contributed by atoms with E-state index in [2.05, 4.69) is 4.74 Å². The van der Waals surface area contributed by atoms with E-state index in [1.54, 1.807) is 0 Å². The molecule has 0 aliphatic carbocycles. The number of hydrogen-bond donors (Lipinski definition) is 0. The molecule has 0 spiro atoms. The van der Waals surface area contributed by atoms with Gasteiger partial charge >= 0.3 is 18.5 Å². The average Bonchev–Trinajstić information content (AvgIpc) is 2.02. The molecule has 1 aliphatic rings. The molecule has 0 aromatic rings. The molecule has 1 saturated heterocycles. The molecule has 0 N–H and O–H groups in total. The molecule has 1 rings (SSSR count). The minimum absolute atomic E-state index is 0.0810. The molecular weight excluding hydrogens is 175 g/mol. The zero-order valence-corrected chi connectivity index (χ0v) is 6.55. The molecule has 3 nitrogen and oxygen atoms in total. The SMILES string of the molecule is CC(C)N1C(=O)OC(F)C1(F)F. The largest absolute Gasteiger partial charge is 0.417 e. The summed E-state index contributed by atoms with van der Waals surface area (Å²) >= 11 is 0. The standard InChI is InChI=1S/C6H8F3NO2/c1-3(2)10-5(11)12-4(7)6(10,8)9/h3-4H,1-2H3. The Kier molecular flexibility index (Phi) is 1.93. The van der Waals surface area contributed by atoms with E-state index in [9.17, 15) is 18.0 Å². The van der Waals surface area contributed by atoms with Gasteiger partial charge in [-0.3, -0.25) is 0 Å². The Labute approximate surface area is 67.1 Å². The first kappa shape index (κ1) is 9.15. The zero-order chi connectivity index (χ0) is 9.52. The number of amides is 1. The van der Waals surface area contributed by atoms with E-state index in [1.165, 1.54) is 13.8 Å². The molecule has 1 heterocycles. The summed E-state index contributed by atoms with van der Waals surface area (Å²) in [5.41, 5.74) is 0. The monoisotopic (exact) mass is 183 g/mol. The fourth-order valence-electron chi connectivity index (χ4n) is 1.00. The van der Waals surface area contributed by atoms with Crippen LogP contribution in [-0.2, 0) is 4.74 Å². The van der Waals surface area contributed by atoms with Gasteiger partial charge in [-0.15, -0.1) is 0 Å². The van der Waals surface area contributed by atoms with E-state index < -0.39 is 24.5 Å². The number of alkyl halides is 3. The lowest BCUT2D eigenvalue weighted by Crippen LogP contribution is -2.46. The number of carbonyl (C=O) groups is 1. The number of nitrogens with zero attached hydrogens (tertiary/aromatic N) is 1. The highest BCUT2D eigenvalue weighted by molar-refractivity contribution is 5.71. The first-order valence-corrected chi connectivity index (χ1v) is 3.39. The van der Waals surface area contributed by atoms with Gasteiger partial charge in [-0.25, -0.2) is 9.69 Å². The van der Waals surface area contributed by atoms with E-state index >= 15 is 0 Å². The van der Waals surface area contributed by atoms with Crippen molar-refractivity contribution < 1.29 is 22.7 Å². The van der Waals surface area contributed by atoms with Crippen molar-refractivity contribution in [3.05, 3.63) is 0 Å². The smallest absolute Gasteiger partial charge is 0.406 e. The van der Waals surface area contributed by atoms with E-state index in [-0.39, 0.29) is 4.90 Å². The number of ether oxygens (including phenoxy) is 1. The van der Waals surface area contributed by atoms with E-state index in [4.69, 9.17) is 0 Å². The number of rotatable bonds is 1. The highest BCUT2D eigenvalue weighted by Gasteiger charge is 2.59. The molecular formula is C6H8F3NO2. The van der Waals surface area contributed by atoms with Gasteiger partial charge in [0, 0.05) is 6.04 Å². The summed E-state index contributed by atoms with van der Waals surface area (Å²) in [6.07, 6.45) is -4.17. The van der Waals surface area contributed by atoms with Crippen LogP contribution in [-0.4, -0.2) is 29.4 Å². The number of cyclic esters (lactones) is 1. The van der Waals surface area contributed by atoms with Crippen molar-refractivity contribution in [1.29, 1.82) is 0 Å². The molecule has 1 unspecified atom stereocenters. The van der Waals surface area contributed by atoms with Crippen molar-refractivity contribution in [3.8, 4) is 0 Å². The van der Waals surface area contributed by atoms with Crippen molar-refractivity contribution in [1.82, 2.24) is 4.90 Å². The van der Waals surface area contributed by atoms with Gasteiger partial charge in [-0.05, 0) is 13.8 Å². The van der Waals surface area contributed by atoms with Crippen molar-refractivity contribution >= 4 is 6.09 Å². The average molecular weight is 183 g/mol. The van der Waals surface area contributed by atoms with Crippen LogP contribution in [0.1, 0.15) is 13.8 Å². The Hall–Kier alpha value is -0.940. The fraction of sp³-hybridized carbons (Fsp3) is 0.833. The van der Waals surface area contributed by atoms with Crippen molar-refractivity contribution in [3.63, 3.8) is 0 Å². The number of hydrogen-bond acceptors (Lipinski definition) is 2.